The average Bonchev–Trinajstić information content (AvgIpc) is 2.42. The summed E-state index contributed by atoms with van der Waals surface area (Å²) in [5.41, 5.74) is 0.977. The van der Waals surface area contributed by atoms with E-state index in [2.05, 4.69) is 41.9 Å². The Bertz CT molecular complexity index is 805. The molecule has 0 saturated carbocycles. The van der Waals surface area contributed by atoms with E-state index in [0.29, 0.717) is 15.8 Å². The molecule has 0 aliphatic rings. The third-order valence-corrected chi connectivity index (χ3v) is 5.19. The molecular weight excluding hydrogens is 436 g/mol. The van der Waals surface area contributed by atoms with Crippen molar-refractivity contribution in [2.75, 3.05) is 10.0 Å². The van der Waals surface area contributed by atoms with Gasteiger partial charge >= 0.3 is 0 Å². The number of hydrogen-bond acceptors (Lipinski definition) is 3. The zero-order valence-electron chi connectivity index (χ0n) is 11.4. The maximum atomic E-state index is 12.3. The van der Waals surface area contributed by atoms with E-state index in [-0.39, 0.29) is 10.8 Å². The number of rotatable bonds is 4. The van der Waals surface area contributed by atoms with E-state index in [4.69, 9.17) is 0 Å². The fourth-order valence-corrected chi connectivity index (χ4v) is 4.05. The number of carbonyl (C=O) groups is 1. The van der Waals surface area contributed by atoms with E-state index in [9.17, 15) is 13.2 Å². The highest BCUT2D eigenvalue weighted by molar-refractivity contribution is 9.11. The molecule has 2 aromatic rings. The summed E-state index contributed by atoms with van der Waals surface area (Å²) in [6, 6.07) is 11.1. The molecule has 8 heteroatoms. The highest BCUT2D eigenvalue weighted by atomic mass is 79.9. The van der Waals surface area contributed by atoms with E-state index in [1.54, 1.807) is 18.2 Å². The Kier molecular flexibility index (Phi) is 5.25. The van der Waals surface area contributed by atoms with Crippen molar-refractivity contribution in [2.24, 2.45) is 0 Å². The van der Waals surface area contributed by atoms with Gasteiger partial charge in [0.15, 0.2) is 0 Å². The van der Waals surface area contributed by atoms with Gasteiger partial charge in [-0.2, -0.15) is 0 Å². The van der Waals surface area contributed by atoms with Gasteiger partial charge in [0.05, 0.1) is 10.6 Å². The van der Waals surface area contributed by atoms with Crippen molar-refractivity contribution in [3.63, 3.8) is 0 Å². The first-order valence-corrected chi connectivity index (χ1v) is 9.20. The van der Waals surface area contributed by atoms with Crippen LogP contribution in [0.5, 0.6) is 0 Å². The van der Waals surface area contributed by atoms with Gasteiger partial charge in [0.25, 0.3) is 10.0 Å². The lowest BCUT2D eigenvalue weighted by Crippen LogP contribution is -2.13. The fourth-order valence-electron chi connectivity index (χ4n) is 1.70. The van der Waals surface area contributed by atoms with E-state index >= 15 is 0 Å². The second kappa shape index (κ2) is 6.80. The Balaban J connectivity index is 2.24. The number of carbonyl (C=O) groups excluding carboxylic acids is 1. The van der Waals surface area contributed by atoms with Crippen molar-refractivity contribution in [2.45, 2.75) is 11.8 Å². The number of amides is 1. The Labute approximate surface area is 145 Å². The molecule has 2 aromatic carbocycles. The van der Waals surface area contributed by atoms with Crippen molar-refractivity contribution >= 4 is 59.2 Å². The van der Waals surface area contributed by atoms with Gasteiger partial charge in [-0.25, -0.2) is 8.42 Å². The zero-order valence-corrected chi connectivity index (χ0v) is 15.4. The van der Waals surface area contributed by atoms with Crippen LogP contribution in [0.3, 0.4) is 0 Å². The molecule has 0 aliphatic heterocycles. The molecule has 22 heavy (non-hydrogen) atoms. The number of anilines is 2. The van der Waals surface area contributed by atoms with Gasteiger partial charge < -0.3 is 5.32 Å². The summed E-state index contributed by atoms with van der Waals surface area (Å²) in [5.74, 6) is -0.215. The smallest absolute Gasteiger partial charge is 0.261 e. The van der Waals surface area contributed by atoms with Gasteiger partial charge in [-0.15, -0.1) is 0 Å². The minimum Gasteiger partial charge on any atom is -0.326 e. The number of benzene rings is 2. The molecule has 0 atom stereocenters. The SMILES string of the molecule is CC(=O)Nc1ccc(S(=O)(=O)Nc2ccc(Br)cc2Br)cc1. The summed E-state index contributed by atoms with van der Waals surface area (Å²) >= 11 is 6.61. The van der Waals surface area contributed by atoms with Crippen LogP contribution in [0.1, 0.15) is 6.92 Å². The standard InChI is InChI=1S/C14H12Br2N2O3S/c1-9(19)17-11-3-5-12(6-4-11)22(20,21)18-14-7-2-10(15)8-13(14)16/h2-8,18H,1H3,(H,17,19). The summed E-state index contributed by atoms with van der Waals surface area (Å²) in [4.78, 5) is 11.1. The van der Waals surface area contributed by atoms with Crippen LogP contribution in [0.25, 0.3) is 0 Å². The maximum Gasteiger partial charge on any atom is 0.261 e. The highest BCUT2D eigenvalue weighted by Crippen LogP contribution is 2.28. The van der Waals surface area contributed by atoms with Crippen molar-refractivity contribution in [3.05, 3.63) is 51.4 Å². The molecule has 0 aliphatic carbocycles. The molecule has 2 rings (SSSR count). The van der Waals surface area contributed by atoms with Gasteiger partial charge in [0.2, 0.25) is 5.91 Å². The van der Waals surface area contributed by atoms with Gasteiger partial charge in [-0.05, 0) is 58.4 Å². The Hall–Kier alpha value is -1.38. The van der Waals surface area contributed by atoms with Crippen LogP contribution in [0, 0.1) is 0 Å². The van der Waals surface area contributed by atoms with Crippen molar-refractivity contribution < 1.29 is 13.2 Å². The van der Waals surface area contributed by atoms with Crippen LogP contribution in [0.4, 0.5) is 11.4 Å². The molecule has 0 unspecified atom stereocenters. The van der Waals surface area contributed by atoms with Crippen molar-refractivity contribution in [1.29, 1.82) is 0 Å². The third-order valence-electron chi connectivity index (χ3n) is 2.66. The summed E-state index contributed by atoms with van der Waals surface area (Å²) in [6.07, 6.45) is 0. The summed E-state index contributed by atoms with van der Waals surface area (Å²) in [7, 11) is -3.70. The molecule has 0 aromatic heterocycles. The van der Waals surface area contributed by atoms with Gasteiger partial charge in [-0.1, -0.05) is 15.9 Å². The summed E-state index contributed by atoms with van der Waals surface area (Å²) in [5, 5.41) is 2.58. The second-order valence-electron chi connectivity index (χ2n) is 4.44. The van der Waals surface area contributed by atoms with Crippen LogP contribution in [0.15, 0.2) is 56.3 Å². The predicted molar refractivity (Wildman–Crippen MR) is 93.4 cm³/mol. The lowest BCUT2D eigenvalue weighted by Gasteiger charge is -2.10. The third kappa shape index (κ3) is 4.31. The topological polar surface area (TPSA) is 75.3 Å². The van der Waals surface area contributed by atoms with Gasteiger partial charge in [0.1, 0.15) is 0 Å². The molecule has 0 radical (unpaired) electrons. The Morgan fingerprint density at radius 2 is 1.68 bits per heavy atom. The highest BCUT2D eigenvalue weighted by Gasteiger charge is 2.15. The van der Waals surface area contributed by atoms with Gasteiger partial charge in [-0.3, -0.25) is 9.52 Å². The number of sulfonamides is 1. The number of halogens is 2. The van der Waals surface area contributed by atoms with E-state index in [1.807, 2.05) is 0 Å². The van der Waals surface area contributed by atoms with Crippen molar-refractivity contribution in [3.8, 4) is 0 Å². The molecule has 0 fully saturated rings. The lowest BCUT2D eigenvalue weighted by atomic mass is 10.3. The van der Waals surface area contributed by atoms with Crippen LogP contribution >= 0.6 is 31.9 Å². The minimum absolute atomic E-state index is 0.108. The van der Waals surface area contributed by atoms with Gasteiger partial charge in [0, 0.05) is 21.6 Å². The molecule has 0 saturated heterocycles. The summed E-state index contributed by atoms with van der Waals surface area (Å²) in [6.45, 7) is 1.39. The van der Waals surface area contributed by atoms with E-state index in [1.165, 1.54) is 31.2 Å². The van der Waals surface area contributed by atoms with Crippen molar-refractivity contribution in [1.82, 2.24) is 0 Å². The zero-order chi connectivity index (χ0) is 16.3. The first-order chi connectivity index (χ1) is 10.3. The maximum absolute atomic E-state index is 12.3. The van der Waals surface area contributed by atoms with Crippen LogP contribution in [-0.2, 0) is 14.8 Å². The Morgan fingerprint density at radius 1 is 1.05 bits per heavy atom. The predicted octanol–water partition coefficient (Wildman–Crippen LogP) is 3.97. The Morgan fingerprint density at radius 3 is 2.23 bits per heavy atom. The molecule has 116 valence electrons. The number of hydrogen-bond donors (Lipinski definition) is 2. The van der Waals surface area contributed by atoms with E-state index < -0.39 is 10.0 Å². The molecule has 5 nitrogen and oxygen atoms in total. The van der Waals surface area contributed by atoms with Crippen LogP contribution < -0.4 is 10.0 Å². The number of nitrogens with one attached hydrogen (secondary N) is 2. The molecule has 2 N–H and O–H groups in total. The minimum atomic E-state index is -3.70. The molecule has 0 heterocycles. The first kappa shape index (κ1) is 17.0. The normalized spacial score (nSPS) is 11.0. The van der Waals surface area contributed by atoms with E-state index in [0.717, 1.165) is 4.47 Å². The summed E-state index contributed by atoms with van der Waals surface area (Å²) < 4.78 is 28.7. The lowest BCUT2D eigenvalue weighted by molar-refractivity contribution is -0.114. The monoisotopic (exact) mass is 446 g/mol. The van der Waals surface area contributed by atoms with Crippen LogP contribution in [-0.4, -0.2) is 14.3 Å². The molecule has 0 spiro atoms. The first-order valence-electron chi connectivity index (χ1n) is 6.13. The van der Waals surface area contributed by atoms with Crippen LogP contribution in [0.2, 0.25) is 0 Å². The molecule has 0 bridgehead atoms. The molecule has 1 amide bonds. The quantitative estimate of drug-likeness (QED) is 0.744. The average molecular weight is 448 g/mol. The fraction of sp³-hybridized carbons (Fsp3) is 0.0714. The second-order valence-corrected chi connectivity index (χ2v) is 7.89. The largest absolute Gasteiger partial charge is 0.326 e. The molecular formula is C14H12Br2N2O3S.